The Hall–Kier alpha value is -2.19. The minimum Gasteiger partial charge on any atom is -0.363 e. The van der Waals surface area contributed by atoms with Crippen molar-refractivity contribution in [1.82, 2.24) is 10.1 Å². The van der Waals surface area contributed by atoms with Gasteiger partial charge in [0.2, 0.25) is 0 Å². The Morgan fingerprint density at radius 1 is 1.24 bits per heavy atom. The monoisotopic (exact) mass is 321 g/mol. The lowest BCUT2D eigenvalue weighted by molar-refractivity contribution is 0.417. The summed E-state index contributed by atoms with van der Waals surface area (Å²) in [6, 6.07) is 7.02. The minimum atomic E-state index is -3.66. The van der Waals surface area contributed by atoms with Crippen LogP contribution in [0.5, 0.6) is 0 Å². The van der Waals surface area contributed by atoms with Crippen LogP contribution in [0, 0.1) is 6.92 Å². The normalized spacial score (nSPS) is 11.5. The van der Waals surface area contributed by atoms with E-state index < -0.39 is 10.0 Å². The molecule has 0 fully saturated rings. The molecule has 6 nitrogen and oxygen atoms in total. The molecule has 3 aromatic rings. The maximum Gasteiger partial charge on any atom is 0.266 e. The molecule has 21 heavy (non-hydrogen) atoms. The van der Waals surface area contributed by atoms with Crippen molar-refractivity contribution in [2.24, 2.45) is 0 Å². The second-order valence-corrected chi connectivity index (χ2v) is 7.04. The number of rotatable bonds is 4. The predicted molar refractivity (Wildman–Crippen MR) is 79.6 cm³/mol. The third kappa shape index (κ3) is 2.96. The van der Waals surface area contributed by atoms with E-state index in [9.17, 15) is 8.42 Å². The second kappa shape index (κ2) is 5.30. The van der Waals surface area contributed by atoms with Gasteiger partial charge in [-0.3, -0.25) is 4.72 Å². The van der Waals surface area contributed by atoms with Crippen molar-refractivity contribution in [1.29, 1.82) is 0 Å². The Bertz CT molecular complexity index is 837. The van der Waals surface area contributed by atoms with Crippen LogP contribution in [-0.4, -0.2) is 18.6 Å². The Morgan fingerprint density at radius 3 is 2.57 bits per heavy atom. The largest absolute Gasteiger partial charge is 0.363 e. The first-order chi connectivity index (χ1) is 10.0. The van der Waals surface area contributed by atoms with Crippen molar-refractivity contribution in [2.45, 2.75) is 11.8 Å². The van der Waals surface area contributed by atoms with Gasteiger partial charge in [0.05, 0.1) is 16.9 Å². The van der Waals surface area contributed by atoms with E-state index >= 15 is 0 Å². The summed E-state index contributed by atoms with van der Waals surface area (Å²) in [4.78, 5) is 4.37. The molecule has 0 unspecified atom stereocenters. The van der Waals surface area contributed by atoms with E-state index in [0.29, 0.717) is 5.69 Å². The molecule has 0 spiro atoms. The number of benzene rings is 1. The van der Waals surface area contributed by atoms with E-state index in [1.807, 2.05) is 24.4 Å². The highest BCUT2D eigenvalue weighted by atomic mass is 32.2. The van der Waals surface area contributed by atoms with Crippen molar-refractivity contribution in [3.05, 3.63) is 47.1 Å². The molecule has 0 amide bonds. The van der Waals surface area contributed by atoms with Gasteiger partial charge in [0.25, 0.3) is 10.0 Å². The molecule has 0 radical (unpaired) electrons. The second-order valence-electron chi connectivity index (χ2n) is 4.29. The number of aryl methyl sites for hydroxylation is 1. The van der Waals surface area contributed by atoms with Crippen LogP contribution in [-0.2, 0) is 10.0 Å². The molecule has 1 N–H and O–H groups in total. The third-order valence-electron chi connectivity index (χ3n) is 2.77. The average Bonchev–Trinajstić information content (AvgIpc) is 3.10. The number of hydrogen-bond acceptors (Lipinski definition) is 6. The fourth-order valence-corrected chi connectivity index (χ4v) is 3.28. The van der Waals surface area contributed by atoms with E-state index in [0.717, 1.165) is 28.7 Å². The Morgan fingerprint density at radius 2 is 2.00 bits per heavy atom. The first-order valence-electron chi connectivity index (χ1n) is 5.99. The van der Waals surface area contributed by atoms with Gasteiger partial charge in [0.15, 0.2) is 0 Å². The molecular formula is C13H11N3O3S2. The number of aromatic nitrogens is 2. The number of thiazole rings is 1. The van der Waals surface area contributed by atoms with Crippen molar-refractivity contribution in [3.63, 3.8) is 0 Å². The predicted octanol–water partition coefficient (Wildman–Crippen LogP) is 2.91. The van der Waals surface area contributed by atoms with Crippen molar-refractivity contribution in [3.8, 4) is 11.3 Å². The molecule has 0 saturated carbocycles. The average molecular weight is 321 g/mol. The molecule has 8 heteroatoms. The number of nitrogens with one attached hydrogen (secondary N) is 1. The summed E-state index contributed by atoms with van der Waals surface area (Å²) in [7, 11) is -3.66. The molecule has 0 aliphatic carbocycles. The zero-order chi connectivity index (χ0) is 14.9. The zero-order valence-corrected chi connectivity index (χ0v) is 12.6. The molecule has 0 saturated heterocycles. The van der Waals surface area contributed by atoms with Crippen LogP contribution < -0.4 is 4.72 Å². The highest BCUT2D eigenvalue weighted by molar-refractivity contribution is 7.92. The SMILES string of the molecule is Cc1nc(-c2ccc(NS(=O)(=O)c3cnoc3)cc2)cs1. The standard InChI is InChI=1S/C13H11N3O3S2/c1-9-15-13(8-20-9)10-2-4-11(5-3-10)16-21(17,18)12-6-14-19-7-12/h2-8,16H,1H3. The minimum absolute atomic E-state index is 0.0123. The summed E-state index contributed by atoms with van der Waals surface area (Å²) >= 11 is 1.57. The van der Waals surface area contributed by atoms with Gasteiger partial charge in [0, 0.05) is 16.6 Å². The number of anilines is 1. The van der Waals surface area contributed by atoms with Crippen LogP contribution in [0.15, 0.2) is 51.5 Å². The lowest BCUT2D eigenvalue weighted by Gasteiger charge is -2.06. The first-order valence-corrected chi connectivity index (χ1v) is 8.36. The van der Waals surface area contributed by atoms with Crippen LogP contribution in [0.1, 0.15) is 5.01 Å². The molecular weight excluding hydrogens is 310 g/mol. The van der Waals surface area contributed by atoms with Crippen LogP contribution >= 0.6 is 11.3 Å². The molecule has 0 atom stereocenters. The van der Waals surface area contributed by atoms with E-state index in [1.165, 1.54) is 0 Å². The Kier molecular flexibility index (Phi) is 3.48. The number of nitrogens with zero attached hydrogens (tertiary/aromatic N) is 2. The topological polar surface area (TPSA) is 85.1 Å². The summed E-state index contributed by atoms with van der Waals surface area (Å²) in [5, 5.41) is 6.34. The highest BCUT2D eigenvalue weighted by Gasteiger charge is 2.16. The Labute approximate surface area is 125 Å². The smallest absolute Gasteiger partial charge is 0.266 e. The van der Waals surface area contributed by atoms with Crippen LogP contribution in [0.2, 0.25) is 0 Å². The highest BCUT2D eigenvalue weighted by Crippen LogP contribution is 2.24. The Balaban J connectivity index is 1.82. The molecule has 0 bridgehead atoms. The van der Waals surface area contributed by atoms with Crippen LogP contribution in [0.3, 0.4) is 0 Å². The van der Waals surface area contributed by atoms with Crippen LogP contribution in [0.4, 0.5) is 5.69 Å². The molecule has 2 heterocycles. The maximum atomic E-state index is 12.0. The van der Waals surface area contributed by atoms with Crippen molar-refractivity contribution < 1.29 is 12.9 Å². The summed E-state index contributed by atoms with van der Waals surface area (Å²) in [5.41, 5.74) is 2.28. The summed E-state index contributed by atoms with van der Waals surface area (Å²) < 4.78 is 31.0. The van der Waals surface area contributed by atoms with Gasteiger partial charge in [-0.2, -0.15) is 0 Å². The lowest BCUT2D eigenvalue weighted by Crippen LogP contribution is -2.11. The van der Waals surface area contributed by atoms with Gasteiger partial charge in [-0.15, -0.1) is 11.3 Å². The van der Waals surface area contributed by atoms with Gasteiger partial charge in [-0.1, -0.05) is 17.3 Å². The van der Waals surface area contributed by atoms with E-state index in [2.05, 4.69) is 19.4 Å². The third-order valence-corrected chi connectivity index (χ3v) is 4.87. The molecule has 0 aliphatic heterocycles. The molecule has 1 aromatic carbocycles. The molecule has 0 aliphatic rings. The van der Waals surface area contributed by atoms with Gasteiger partial charge >= 0.3 is 0 Å². The quantitative estimate of drug-likeness (QED) is 0.798. The van der Waals surface area contributed by atoms with E-state index in [-0.39, 0.29) is 4.90 Å². The van der Waals surface area contributed by atoms with Gasteiger partial charge in [-0.05, 0) is 19.1 Å². The summed E-state index contributed by atoms with van der Waals surface area (Å²) in [6.45, 7) is 1.94. The van der Waals surface area contributed by atoms with Crippen molar-refractivity contribution in [2.75, 3.05) is 4.72 Å². The number of hydrogen-bond donors (Lipinski definition) is 1. The fourth-order valence-electron chi connectivity index (χ4n) is 1.75. The van der Waals surface area contributed by atoms with Gasteiger partial charge in [-0.25, -0.2) is 13.4 Å². The maximum absolute atomic E-state index is 12.0. The molecule has 108 valence electrons. The summed E-state index contributed by atoms with van der Waals surface area (Å²) in [5.74, 6) is 0. The number of sulfonamides is 1. The van der Waals surface area contributed by atoms with Gasteiger partial charge in [0.1, 0.15) is 11.2 Å². The van der Waals surface area contributed by atoms with E-state index in [4.69, 9.17) is 0 Å². The zero-order valence-electron chi connectivity index (χ0n) is 11.0. The first kappa shape index (κ1) is 13.8. The molecule has 3 rings (SSSR count). The lowest BCUT2D eigenvalue weighted by atomic mass is 10.1. The molecule has 2 aromatic heterocycles. The van der Waals surface area contributed by atoms with Crippen molar-refractivity contribution >= 4 is 27.0 Å². The fraction of sp³-hybridized carbons (Fsp3) is 0.0769. The van der Waals surface area contributed by atoms with Crippen LogP contribution in [0.25, 0.3) is 11.3 Å². The van der Waals surface area contributed by atoms with Gasteiger partial charge < -0.3 is 4.52 Å². The van der Waals surface area contributed by atoms with E-state index in [1.54, 1.807) is 23.5 Å². The summed E-state index contributed by atoms with van der Waals surface area (Å²) in [6.07, 6.45) is 2.23.